The van der Waals surface area contributed by atoms with Crippen LogP contribution in [0.4, 0.5) is 11.5 Å². The molecule has 1 fully saturated rings. The molecule has 0 spiro atoms. The lowest BCUT2D eigenvalue weighted by atomic mass is 9.99. The molecule has 0 radical (unpaired) electrons. The maximum Gasteiger partial charge on any atom is 0.227 e. The van der Waals surface area contributed by atoms with Gasteiger partial charge in [-0.25, -0.2) is 0 Å². The van der Waals surface area contributed by atoms with Crippen molar-refractivity contribution in [3.63, 3.8) is 0 Å². The highest BCUT2D eigenvalue weighted by molar-refractivity contribution is 7.13. The highest BCUT2D eigenvalue weighted by Gasteiger charge is 2.37. The predicted molar refractivity (Wildman–Crippen MR) is 129 cm³/mol. The number of fused-ring (bicyclic) bond motifs is 1. The molecule has 1 saturated heterocycles. The Morgan fingerprint density at radius 2 is 1.91 bits per heavy atom. The van der Waals surface area contributed by atoms with Crippen molar-refractivity contribution in [2.75, 3.05) is 55.7 Å². The van der Waals surface area contributed by atoms with Gasteiger partial charge in [-0.1, -0.05) is 30.3 Å². The first-order valence-electron chi connectivity index (χ1n) is 11.6. The van der Waals surface area contributed by atoms with Gasteiger partial charge in [0, 0.05) is 56.7 Å². The first kappa shape index (κ1) is 20.1. The summed E-state index contributed by atoms with van der Waals surface area (Å²) in [5, 5.41) is 1.27. The zero-order chi connectivity index (χ0) is 21.5. The van der Waals surface area contributed by atoms with Gasteiger partial charge in [-0.15, -0.1) is 0 Å². The average molecular weight is 449 g/mol. The van der Waals surface area contributed by atoms with Crippen molar-refractivity contribution in [1.29, 1.82) is 0 Å². The summed E-state index contributed by atoms with van der Waals surface area (Å²) in [6.07, 6.45) is 2.50. The third kappa shape index (κ3) is 3.58. The molecule has 32 heavy (non-hydrogen) atoms. The summed E-state index contributed by atoms with van der Waals surface area (Å²) in [5.74, 6) is 1.38. The van der Waals surface area contributed by atoms with E-state index in [1.165, 1.54) is 21.2 Å². The number of piperazine rings is 1. The highest BCUT2D eigenvalue weighted by Crippen LogP contribution is 2.42. The third-order valence-corrected chi connectivity index (χ3v) is 7.81. The summed E-state index contributed by atoms with van der Waals surface area (Å²) in [5.41, 5.74) is 3.61. The minimum atomic E-state index is 0.0155. The second-order valence-corrected chi connectivity index (χ2v) is 9.71. The molecule has 0 bridgehead atoms. The van der Waals surface area contributed by atoms with Crippen molar-refractivity contribution in [3.8, 4) is 0 Å². The highest BCUT2D eigenvalue weighted by atomic mass is 32.1. The number of nitrogens with zero attached hydrogens (tertiary/aromatic N) is 4. The number of aryl methyl sites for hydroxylation is 1. The number of hydrogen-bond donors (Lipinski definition) is 0. The number of hydrogen-bond acceptors (Lipinski definition) is 6. The summed E-state index contributed by atoms with van der Waals surface area (Å²) in [6, 6.07) is 14.9. The van der Waals surface area contributed by atoms with E-state index in [2.05, 4.69) is 52.3 Å². The topological polar surface area (TPSA) is 48.9 Å². The maximum absolute atomic E-state index is 12.3. The summed E-state index contributed by atoms with van der Waals surface area (Å²) in [7, 11) is 0. The number of rotatable bonds is 6. The molecule has 1 aromatic heterocycles. The van der Waals surface area contributed by atoms with Gasteiger partial charge in [0.25, 0.3) is 0 Å². The van der Waals surface area contributed by atoms with Gasteiger partial charge in [-0.3, -0.25) is 9.69 Å². The van der Waals surface area contributed by atoms with Gasteiger partial charge in [0.05, 0.1) is 16.9 Å². The molecular weight excluding hydrogens is 420 g/mol. The molecule has 6 nitrogen and oxygen atoms in total. The SMILES string of the molecule is O=C1CCc2cccc3c2N1CC3OCCCN1CCN(c2nsc3ccccc23)CC1. The van der Waals surface area contributed by atoms with Gasteiger partial charge in [0.15, 0.2) is 0 Å². The van der Waals surface area contributed by atoms with Crippen LogP contribution in [0.25, 0.3) is 10.1 Å². The van der Waals surface area contributed by atoms with Crippen LogP contribution in [0.1, 0.15) is 30.1 Å². The van der Waals surface area contributed by atoms with E-state index in [1.807, 2.05) is 4.90 Å². The number of anilines is 2. The van der Waals surface area contributed by atoms with Gasteiger partial charge in [-0.2, -0.15) is 4.37 Å². The summed E-state index contributed by atoms with van der Waals surface area (Å²) < 4.78 is 12.2. The molecule has 4 heterocycles. The van der Waals surface area contributed by atoms with Crippen LogP contribution in [-0.2, 0) is 16.0 Å². The van der Waals surface area contributed by atoms with Crippen LogP contribution in [0, 0.1) is 0 Å². The van der Waals surface area contributed by atoms with Gasteiger partial charge in [0.1, 0.15) is 11.9 Å². The van der Waals surface area contributed by atoms with Gasteiger partial charge in [-0.05, 0) is 42.1 Å². The quantitative estimate of drug-likeness (QED) is 0.536. The number of carbonyl (C=O) groups excluding carboxylic acids is 1. The van der Waals surface area contributed by atoms with Crippen molar-refractivity contribution >= 4 is 39.0 Å². The second kappa shape index (κ2) is 8.46. The standard InChI is InChI=1S/C25H28N4O2S/c30-23-10-9-18-5-3-7-19-21(17-29(23)24(18)19)31-16-4-11-27-12-14-28(15-13-27)25-20-6-1-2-8-22(20)32-26-25/h1-3,5-8,21H,4,9-17H2. The van der Waals surface area contributed by atoms with Crippen LogP contribution < -0.4 is 9.80 Å². The smallest absolute Gasteiger partial charge is 0.227 e. The Morgan fingerprint density at radius 1 is 1.03 bits per heavy atom. The summed E-state index contributed by atoms with van der Waals surface area (Å²) in [6.45, 7) is 6.61. The zero-order valence-electron chi connectivity index (χ0n) is 18.2. The van der Waals surface area contributed by atoms with Crippen LogP contribution >= 0.6 is 11.5 Å². The normalized spacial score (nSPS) is 20.9. The van der Waals surface area contributed by atoms with Gasteiger partial charge >= 0.3 is 0 Å². The Bertz CT molecular complexity index is 1140. The van der Waals surface area contributed by atoms with Crippen LogP contribution in [-0.4, -0.2) is 61.1 Å². The Balaban J connectivity index is 0.992. The molecule has 7 heteroatoms. The fourth-order valence-electron chi connectivity index (χ4n) is 5.30. The van der Waals surface area contributed by atoms with Crippen molar-refractivity contribution < 1.29 is 9.53 Å². The van der Waals surface area contributed by atoms with Crippen molar-refractivity contribution in [1.82, 2.24) is 9.27 Å². The molecule has 1 unspecified atom stereocenters. The lowest BCUT2D eigenvalue weighted by Crippen LogP contribution is -2.47. The lowest BCUT2D eigenvalue weighted by Gasteiger charge is -2.35. The molecule has 1 atom stereocenters. The minimum Gasteiger partial charge on any atom is -0.372 e. The van der Waals surface area contributed by atoms with E-state index in [0.717, 1.165) is 63.7 Å². The van der Waals surface area contributed by atoms with E-state index in [9.17, 15) is 4.79 Å². The van der Waals surface area contributed by atoms with E-state index in [1.54, 1.807) is 11.5 Å². The van der Waals surface area contributed by atoms with Crippen molar-refractivity contribution in [2.45, 2.75) is 25.4 Å². The molecule has 3 aliphatic heterocycles. The molecule has 0 saturated carbocycles. The van der Waals surface area contributed by atoms with E-state index in [0.29, 0.717) is 13.0 Å². The molecule has 6 rings (SSSR count). The Labute approximate surface area is 192 Å². The average Bonchev–Trinajstić information content (AvgIpc) is 3.43. The first-order chi connectivity index (χ1) is 15.8. The van der Waals surface area contributed by atoms with Crippen LogP contribution in [0.5, 0.6) is 0 Å². The minimum absolute atomic E-state index is 0.0155. The first-order valence-corrected chi connectivity index (χ1v) is 12.4. The van der Waals surface area contributed by atoms with E-state index in [-0.39, 0.29) is 12.0 Å². The number of para-hydroxylation sites is 1. The largest absolute Gasteiger partial charge is 0.372 e. The van der Waals surface area contributed by atoms with Crippen LogP contribution in [0.2, 0.25) is 0 Å². The molecular formula is C25H28N4O2S. The molecule has 166 valence electrons. The lowest BCUT2D eigenvalue weighted by molar-refractivity contribution is -0.119. The fourth-order valence-corrected chi connectivity index (χ4v) is 6.10. The Kier molecular flexibility index (Phi) is 5.33. The second-order valence-electron chi connectivity index (χ2n) is 8.90. The summed E-state index contributed by atoms with van der Waals surface area (Å²) >= 11 is 1.59. The van der Waals surface area contributed by atoms with Crippen LogP contribution in [0.15, 0.2) is 42.5 Å². The number of ether oxygens (including phenoxy) is 1. The van der Waals surface area contributed by atoms with E-state index >= 15 is 0 Å². The summed E-state index contributed by atoms with van der Waals surface area (Å²) in [4.78, 5) is 19.2. The molecule has 3 aliphatic rings. The van der Waals surface area contributed by atoms with Crippen LogP contribution in [0.3, 0.4) is 0 Å². The number of amides is 1. The molecule has 3 aromatic rings. The fraction of sp³-hybridized carbons (Fsp3) is 0.440. The maximum atomic E-state index is 12.3. The number of aromatic nitrogens is 1. The Morgan fingerprint density at radius 3 is 2.81 bits per heavy atom. The van der Waals surface area contributed by atoms with Crippen molar-refractivity contribution in [2.24, 2.45) is 0 Å². The predicted octanol–water partition coefficient (Wildman–Crippen LogP) is 3.86. The number of benzene rings is 2. The van der Waals surface area contributed by atoms with E-state index in [4.69, 9.17) is 9.11 Å². The zero-order valence-corrected chi connectivity index (χ0v) is 19.0. The van der Waals surface area contributed by atoms with Crippen molar-refractivity contribution in [3.05, 3.63) is 53.6 Å². The number of carbonyl (C=O) groups is 1. The Hall–Kier alpha value is -2.48. The monoisotopic (exact) mass is 448 g/mol. The molecule has 2 aromatic carbocycles. The van der Waals surface area contributed by atoms with Gasteiger partial charge in [0.2, 0.25) is 5.91 Å². The molecule has 1 amide bonds. The third-order valence-electron chi connectivity index (χ3n) is 6.99. The molecule has 0 N–H and O–H groups in total. The van der Waals surface area contributed by atoms with E-state index < -0.39 is 0 Å². The molecule has 0 aliphatic carbocycles. The van der Waals surface area contributed by atoms with Gasteiger partial charge < -0.3 is 14.5 Å².